The Balaban J connectivity index is 1.63. The van der Waals surface area contributed by atoms with Crippen LogP contribution in [0.2, 0.25) is 0 Å². The molecule has 5 aromatic rings. The van der Waals surface area contributed by atoms with Crippen LogP contribution in [-0.4, -0.2) is 29.2 Å². The van der Waals surface area contributed by atoms with Crippen molar-refractivity contribution in [1.29, 1.82) is 0 Å². The monoisotopic (exact) mass is 423 g/mol. The molecule has 0 aliphatic heterocycles. The molecule has 2 aromatic heterocycles. The highest BCUT2D eigenvalue weighted by molar-refractivity contribution is 5.98. The van der Waals surface area contributed by atoms with Gasteiger partial charge in [0, 0.05) is 16.6 Å². The number of aromatic nitrogens is 3. The lowest BCUT2D eigenvalue weighted by molar-refractivity contribution is 0.355. The minimum atomic E-state index is 0.181. The topological polar surface area (TPSA) is 95.2 Å². The predicted octanol–water partition coefficient (Wildman–Crippen LogP) is 5.19. The van der Waals surface area contributed by atoms with Crippen LogP contribution in [0, 0.1) is 0 Å². The molecule has 0 saturated carbocycles. The van der Waals surface area contributed by atoms with Crippen molar-refractivity contribution in [1.82, 2.24) is 15.0 Å². The summed E-state index contributed by atoms with van der Waals surface area (Å²) in [7, 11) is 3.22. The zero-order valence-corrected chi connectivity index (χ0v) is 17.7. The van der Waals surface area contributed by atoms with Crippen LogP contribution in [0.3, 0.4) is 0 Å². The van der Waals surface area contributed by atoms with Crippen LogP contribution in [0.25, 0.3) is 33.1 Å². The minimum absolute atomic E-state index is 0.181. The molecular formula is C25H21N5O2. The number of hydrogen-bond donors (Lipinski definition) is 2. The quantitative estimate of drug-likeness (QED) is 0.402. The molecule has 0 bridgehead atoms. The van der Waals surface area contributed by atoms with E-state index in [1.54, 1.807) is 14.2 Å². The van der Waals surface area contributed by atoms with Gasteiger partial charge in [-0.2, -0.15) is 4.98 Å². The lowest BCUT2D eigenvalue weighted by Gasteiger charge is -2.13. The Bertz CT molecular complexity index is 1450. The highest BCUT2D eigenvalue weighted by Crippen LogP contribution is 2.34. The van der Waals surface area contributed by atoms with Crippen LogP contribution in [0.15, 0.2) is 72.8 Å². The Morgan fingerprint density at radius 1 is 0.781 bits per heavy atom. The Hall–Kier alpha value is -4.39. The van der Waals surface area contributed by atoms with Gasteiger partial charge in [0.1, 0.15) is 5.52 Å². The number of rotatable bonds is 5. The van der Waals surface area contributed by atoms with E-state index in [-0.39, 0.29) is 5.95 Å². The van der Waals surface area contributed by atoms with Gasteiger partial charge >= 0.3 is 0 Å². The van der Waals surface area contributed by atoms with Crippen molar-refractivity contribution in [3.63, 3.8) is 0 Å². The molecule has 0 atom stereocenters. The van der Waals surface area contributed by atoms with Gasteiger partial charge in [0.2, 0.25) is 5.95 Å². The second-order valence-electron chi connectivity index (χ2n) is 7.22. The van der Waals surface area contributed by atoms with Gasteiger partial charge in [-0.15, -0.1) is 0 Å². The van der Waals surface area contributed by atoms with E-state index in [0.717, 1.165) is 27.7 Å². The standard InChI is InChI=1S/C25H21N5O2/c1-31-21-13-10-16(14-22(21)32-2)18-11-12-20-23(27-18)24(30-25(26)29-20)28-19-9-5-7-15-6-3-4-8-17(15)19/h3-14H,1-2H3,(H3,26,28,29,30). The highest BCUT2D eigenvalue weighted by atomic mass is 16.5. The number of nitrogen functional groups attached to an aromatic ring is 1. The molecule has 32 heavy (non-hydrogen) atoms. The summed E-state index contributed by atoms with van der Waals surface area (Å²) in [6.45, 7) is 0. The van der Waals surface area contributed by atoms with Gasteiger partial charge in [-0.25, -0.2) is 9.97 Å². The number of pyridine rings is 1. The summed E-state index contributed by atoms with van der Waals surface area (Å²) in [4.78, 5) is 13.7. The first-order valence-corrected chi connectivity index (χ1v) is 10.1. The predicted molar refractivity (Wildman–Crippen MR) is 128 cm³/mol. The maximum atomic E-state index is 5.99. The van der Waals surface area contributed by atoms with Crippen molar-refractivity contribution >= 4 is 39.3 Å². The van der Waals surface area contributed by atoms with Crippen LogP contribution in [0.4, 0.5) is 17.5 Å². The number of fused-ring (bicyclic) bond motifs is 2. The molecule has 7 nitrogen and oxygen atoms in total. The van der Waals surface area contributed by atoms with Gasteiger partial charge in [-0.3, -0.25) is 0 Å². The molecule has 158 valence electrons. The maximum absolute atomic E-state index is 5.99. The smallest absolute Gasteiger partial charge is 0.222 e. The van der Waals surface area contributed by atoms with E-state index >= 15 is 0 Å². The van der Waals surface area contributed by atoms with E-state index in [2.05, 4.69) is 33.5 Å². The Kier molecular flexibility index (Phi) is 4.91. The van der Waals surface area contributed by atoms with E-state index in [1.165, 1.54) is 0 Å². The molecule has 0 fully saturated rings. The summed E-state index contributed by atoms with van der Waals surface area (Å²) in [6.07, 6.45) is 0. The summed E-state index contributed by atoms with van der Waals surface area (Å²) < 4.78 is 10.8. The molecule has 0 unspecified atom stereocenters. The van der Waals surface area contributed by atoms with Gasteiger partial charge in [-0.1, -0.05) is 36.4 Å². The second-order valence-corrected chi connectivity index (χ2v) is 7.22. The first-order valence-electron chi connectivity index (χ1n) is 10.1. The van der Waals surface area contributed by atoms with Crippen LogP contribution < -0.4 is 20.5 Å². The number of hydrogen-bond acceptors (Lipinski definition) is 7. The summed E-state index contributed by atoms with van der Waals surface area (Å²) in [5, 5.41) is 5.62. The third-order valence-electron chi connectivity index (χ3n) is 5.28. The van der Waals surface area contributed by atoms with Crippen LogP contribution >= 0.6 is 0 Å². The fourth-order valence-corrected chi connectivity index (χ4v) is 3.74. The molecule has 0 saturated heterocycles. The van der Waals surface area contributed by atoms with Crippen molar-refractivity contribution in [3.8, 4) is 22.8 Å². The lowest BCUT2D eigenvalue weighted by Crippen LogP contribution is -2.03. The molecule has 0 aliphatic carbocycles. The fourth-order valence-electron chi connectivity index (χ4n) is 3.74. The molecule has 0 aliphatic rings. The van der Waals surface area contributed by atoms with Crippen molar-refractivity contribution in [3.05, 3.63) is 72.8 Å². The van der Waals surface area contributed by atoms with E-state index in [1.807, 2.05) is 54.6 Å². The number of anilines is 3. The first kappa shape index (κ1) is 19.6. The first-order chi connectivity index (χ1) is 15.7. The van der Waals surface area contributed by atoms with Crippen molar-refractivity contribution in [2.75, 3.05) is 25.3 Å². The third kappa shape index (κ3) is 3.50. The average molecular weight is 423 g/mol. The maximum Gasteiger partial charge on any atom is 0.222 e. The van der Waals surface area contributed by atoms with Crippen molar-refractivity contribution < 1.29 is 9.47 Å². The normalized spacial score (nSPS) is 10.9. The van der Waals surface area contributed by atoms with Crippen LogP contribution in [-0.2, 0) is 0 Å². The highest BCUT2D eigenvalue weighted by Gasteiger charge is 2.13. The Labute approximate surface area is 184 Å². The molecule has 0 radical (unpaired) electrons. The van der Waals surface area contributed by atoms with Crippen molar-refractivity contribution in [2.45, 2.75) is 0 Å². The van der Waals surface area contributed by atoms with Gasteiger partial charge in [0.25, 0.3) is 0 Å². The second kappa shape index (κ2) is 8.03. The third-order valence-corrected chi connectivity index (χ3v) is 5.28. The average Bonchev–Trinajstić information content (AvgIpc) is 2.83. The van der Waals surface area contributed by atoms with Gasteiger partial charge in [0.15, 0.2) is 17.3 Å². The minimum Gasteiger partial charge on any atom is -0.493 e. The number of nitrogens with two attached hydrogens (primary N) is 1. The van der Waals surface area contributed by atoms with Gasteiger partial charge in [0.05, 0.1) is 25.4 Å². The Morgan fingerprint density at radius 3 is 2.44 bits per heavy atom. The summed E-state index contributed by atoms with van der Waals surface area (Å²) in [5.74, 6) is 2.02. The molecular weight excluding hydrogens is 402 g/mol. The number of nitrogens with one attached hydrogen (secondary N) is 1. The van der Waals surface area contributed by atoms with Gasteiger partial charge < -0.3 is 20.5 Å². The molecule has 7 heteroatoms. The van der Waals surface area contributed by atoms with Crippen LogP contribution in [0.1, 0.15) is 0 Å². The number of methoxy groups -OCH3 is 2. The van der Waals surface area contributed by atoms with Crippen molar-refractivity contribution in [2.24, 2.45) is 0 Å². The summed E-state index contributed by atoms with van der Waals surface area (Å²) >= 11 is 0. The van der Waals surface area contributed by atoms with E-state index in [9.17, 15) is 0 Å². The fraction of sp³-hybridized carbons (Fsp3) is 0.0800. The summed E-state index contributed by atoms with van der Waals surface area (Å²) in [5.41, 5.74) is 9.83. The Morgan fingerprint density at radius 2 is 1.59 bits per heavy atom. The zero-order valence-electron chi connectivity index (χ0n) is 17.7. The zero-order chi connectivity index (χ0) is 22.1. The SMILES string of the molecule is COc1ccc(-c2ccc3nc(N)nc(Nc4cccc5ccccc45)c3n2)cc1OC. The molecule has 5 rings (SSSR count). The largest absolute Gasteiger partial charge is 0.493 e. The number of ether oxygens (including phenoxy) is 2. The number of benzene rings is 3. The molecule has 3 N–H and O–H groups in total. The molecule has 0 amide bonds. The van der Waals surface area contributed by atoms with E-state index in [0.29, 0.717) is 28.4 Å². The van der Waals surface area contributed by atoms with Gasteiger partial charge in [-0.05, 0) is 41.8 Å². The van der Waals surface area contributed by atoms with E-state index in [4.69, 9.17) is 20.2 Å². The van der Waals surface area contributed by atoms with Crippen LogP contribution in [0.5, 0.6) is 11.5 Å². The molecule has 2 heterocycles. The lowest BCUT2D eigenvalue weighted by atomic mass is 10.1. The molecule has 0 spiro atoms. The molecule has 3 aromatic carbocycles. The number of nitrogens with zero attached hydrogens (tertiary/aromatic N) is 3. The van der Waals surface area contributed by atoms with E-state index < -0.39 is 0 Å². The summed E-state index contributed by atoms with van der Waals surface area (Å²) in [6, 6.07) is 23.7.